The van der Waals surface area contributed by atoms with Crippen LogP contribution in [0.25, 0.3) is 0 Å². The zero-order valence-corrected chi connectivity index (χ0v) is 12.0. The third-order valence-electron chi connectivity index (χ3n) is 3.70. The van der Waals surface area contributed by atoms with E-state index in [9.17, 15) is 0 Å². The minimum Gasteiger partial charge on any atom is -0.354 e. The number of nitrogens with one attached hydrogen (secondary N) is 1. The highest BCUT2D eigenvalue weighted by Crippen LogP contribution is 2.21. The molecule has 0 radical (unpaired) electrons. The summed E-state index contributed by atoms with van der Waals surface area (Å²) in [6.07, 6.45) is 3.80. The third kappa shape index (κ3) is 2.80. The van der Waals surface area contributed by atoms with Crippen molar-refractivity contribution >= 4 is 5.82 Å². The largest absolute Gasteiger partial charge is 0.354 e. The summed E-state index contributed by atoms with van der Waals surface area (Å²) in [5.74, 6) is 2.74. The average molecular weight is 272 g/mol. The van der Waals surface area contributed by atoms with Gasteiger partial charge in [-0.2, -0.15) is 5.10 Å². The van der Waals surface area contributed by atoms with Crippen LogP contribution in [0.4, 0.5) is 5.82 Å². The molecule has 0 amide bonds. The highest BCUT2D eigenvalue weighted by atomic mass is 15.3. The normalized spacial score (nSPS) is 15.4. The first-order chi connectivity index (χ1) is 9.72. The Labute approximate surface area is 118 Å². The molecule has 0 spiro atoms. The fourth-order valence-corrected chi connectivity index (χ4v) is 2.40. The van der Waals surface area contributed by atoms with E-state index in [1.807, 2.05) is 43.1 Å². The van der Waals surface area contributed by atoms with E-state index in [-0.39, 0.29) is 0 Å². The second-order valence-corrected chi connectivity index (χ2v) is 5.39. The molecule has 1 aliphatic heterocycles. The van der Waals surface area contributed by atoms with E-state index in [4.69, 9.17) is 0 Å². The molecule has 6 nitrogen and oxygen atoms in total. The van der Waals surface area contributed by atoms with Crippen LogP contribution in [0.15, 0.2) is 24.5 Å². The second kappa shape index (κ2) is 5.58. The maximum atomic E-state index is 4.30. The van der Waals surface area contributed by atoms with Gasteiger partial charge in [-0.1, -0.05) is 0 Å². The molecule has 0 bridgehead atoms. The lowest BCUT2D eigenvalue weighted by atomic mass is 10.0. The summed E-state index contributed by atoms with van der Waals surface area (Å²) in [6.45, 7) is 5.89. The minimum atomic E-state index is 0.679. The Morgan fingerprint density at radius 1 is 1.30 bits per heavy atom. The van der Waals surface area contributed by atoms with Crippen molar-refractivity contribution in [3.05, 3.63) is 36.0 Å². The summed E-state index contributed by atoms with van der Waals surface area (Å²) in [4.78, 5) is 6.56. The predicted octanol–water partition coefficient (Wildman–Crippen LogP) is 0.745. The van der Waals surface area contributed by atoms with Gasteiger partial charge in [0, 0.05) is 45.0 Å². The van der Waals surface area contributed by atoms with Crippen molar-refractivity contribution in [3.63, 3.8) is 0 Å². The lowest BCUT2D eigenvalue weighted by Gasteiger charge is -2.40. The van der Waals surface area contributed by atoms with Crippen molar-refractivity contribution in [2.45, 2.75) is 13.5 Å². The van der Waals surface area contributed by atoms with Crippen molar-refractivity contribution in [2.24, 2.45) is 13.0 Å². The number of hydrogen-bond donors (Lipinski definition) is 1. The van der Waals surface area contributed by atoms with E-state index in [2.05, 4.69) is 25.4 Å². The molecule has 0 unspecified atom stereocenters. The first-order valence-corrected chi connectivity index (χ1v) is 6.94. The first-order valence-electron chi connectivity index (χ1n) is 6.94. The van der Waals surface area contributed by atoms with Gasteiger partial charge in [0.15, 0.2) is 5.82 Å². The molecule has 0 aliphatic carbocycles. The monoisotopic (exact) mass is 272 g/mol. The van der Waals surface area contributed by atoms with Gasteiger partial charge in [-0.25, -0.2) is 4.98 Å². The van der Waals surface area contributed by atoms with Crippen molar-refractivity contribution < 1.29 is 0 Å². The molecule has 1 N–H and O–H groups in total. The van der Waals surface area contributed by atoms with Crippen LogP contribution >= 0.6 is 0 Å². The smallest absolute Gasteiger partial charge is 0.151 e. The van der Waals surface area contributed by atoms with Crippen LogP contribution < -0.4 is 10.2 Å². The molecule has 106 valence electrons. The van der Waals surface area contributed by atoms with Crippen molar-refractivity contribution in [3.8, 4) is 0 Å². The Morgan fingerprint density at radius 3 is 2.80 bits per heavy atom. The van der Waals surface area contributed by atoms with Crippen molar-refractivity contribution in [2.75, 3.05) is 24.5 Å². The van der Waals surface area contributed by atoms with Crippen LogP contribution in [0.5, 0.6) is 0 Å². The molecule has 6 heteroatoms. The Balaban J connectivity index is 1.40. The number of hydrogen-bond acceptors (Lipinski definition) is 5. The van der Waals surface area contributed by atoms with Gasteiger partial charge in [0.25, 0.3) is 0 Å². The summed E-state index contributed by atoms with van der Waals surface area (Å²) < 4.78 is 2.04. The number of aromatic nitrogens is 4. The highest BCUT2D eigenvalue weighted by molar-refractivity contribution is 5.40. The first kappa shape index (κ1) is 13.1. The van der Waals surface area contributed by atoms with Gasteiger partial charge in [-0.05, 0) is 19.1 Å². The van der Waals surface area contributed by atoms with Crippen molar-refractivity contribution in [1.29, 1.82) is 0 Å². The molecule has 0 saturated carbocycles. The molecule has 3 heterocycles. The molecule has 2 aromatic heterocycles. The predicted molar refractivity (Wildman–Crippen MR) is 77.4 cm³/mol. The van der Waals surface area contributed by atoms with E-state index in [0.717, 1.165) is 43.5 Å². The summed E-state index contributed by atoms with van der Waals surface area (Å²) in [7, 11) is 2.02. The molecular weight excluding hydrogens is 252 g/mol. The Bertz CT molecular complexity index is 555. The molecular formula is C14H20N6. The van der Waals surface area contributed by atoms with Gasteiger partial charge in [-0.3, -0.25) is 0 Å². The summed E-state index contributed by atoms with van der Waals surface area (Å²) in [5, 5.41) is 11.8. The molecule has 20 heavy (non-hydrogen) atoms. The number of rotatable bonds is 5. The number of nitrogens with zero attached hydrogens (tertiary/aromatic N) is 5. The van der Waals surface area contributed by atoms with Crippen LogP contribution in [0.2, 0.25) is 0 Å². The summed E-state index contributed by atoms with van der Waals surface area (Å²) in [6, 6.07) is 4.05. The Hall–Kier alpha value is -1.95. The fourth-order valence-electron chi connectivity index (χ4n) is 2.40. The van der Waals surface area contributed by atoms with E-state index in [1.54, 1.807) is 0 Å². The van der Waals surface area contributed by atoms with Crippen LogP contribution in [0, 0.1) is 12.8 Å². The molecule has 0 atom stereocenters. The zero-order valence-electron chi connectivity index (χ0n) is 12.0. The topological polar surface area (TPSA) is 58.9 Å². The molecule has 2 aromatic rings. The highest BCUT2D eigenvalue weighted by Gasteiger charge is 2.27. The lowest BCUT2D eigenvalue weighted by Crippen LogP contribution is -2.51. The van der Waals surface area contributed by atoms with Crippen LogP contribution in [-0.2, 0) is 13.6 Å². The third-order valence-corrected chi connectivity index (χ3v) is 3.70. The standard InChI is InChI=1S/C14H20N6/c1-11-3-4-13(18-17-11)20-9-12(10-20)7-15-8-14-16-5-6-19(14)2/h3-6,12,15H,7-10H2,1-2H3. The number of imidazole rings is 1. The number of anilines is 1. The van der Waals surface area contributed by atoms with Gasteiger partial charge in [0.05, 0.1) is 12.2 Å². The summed E-state index contributed by atoms with van der Waals surface area (Å²) >= 11 is 0. The number of aryl methyl sites for hydroxylation is 2. The van der Waals surface area contributed by atoms with E-state index in [1.165, 1.54) is 0 Å². The molecule has 0 aromatic carbocycles. The van der Waals surface area contributed by atoms with Gasteiger partial charge in [0.2, 0.25) is 0 Å². The maximum absolute atomic E-state index is 4.30. The van der Waals surface area contributed by atoms with Crippen LogP contribution in [0.3, 0.4) is 0 Å². The molecule has 3 rings (SSSR count). The van der Waals surface area contributed by atoms with Crippen molar-refractivity contribution in [1.82, 2.24) is 25.1 Å². The second-order valence-electron chi connectivity index (χ2n) is 5.39. The SMILES string of the molecule is Cc1ccc(N2CC(CNCc3nccn3C)C2)nn1. The van der Waals surface area contributed by atoms with Crippen LogP contribution in [0.1, 0.15) is 11.5 Å². The quantitative estimate of drug-likeness (QED) is 0.870. The van der Waals surface area contributed by atoms with E-state index in [0.29, 0.717) is 5.92 Å². The van der Waals surface area contributed by atoms with Gasteiger partial charge < -0.3 is 14.8 Å². The molecule has 1 aliphatic rings. The summed E-state index contributed by atoms with van der Waals surface area (Å²) in [5.41, 5.74) is 0.961. The molecule has 1 saturated heterocycles. The van der Waals surface area contributed by atoms with Gasteiger partial charge in [0.1, 0.15) is 5.82 Å². The minimum absolute atomic E-state index is 0.679. The fraction of sp³-hybridized carbons (Fsp3) is 0.500. The Morgan fingerprint density at radius 2 is 2.15 bits per heavy atom. The molecule has 1 fully saturated rings. The lowest BCUT2D eigenvalue weighted by molar-refractivity contribution is 0.379. The Kier molecular flexibility index (Phi) is 3.64. The maximum Gasteiger partial charge on any atom is 0.151 e. The van der Waals surface area contributed by atoms with Gasteiger partial charge >= 0.3 is 0 Å². The van der Waals surface area contributed by atoms with Crippen LogP contribution in [-0.4, -0.2) is 39.4 Å². The van der Waals surface area contributed by atoms with Gasteiger partial charge in [-0.15, -0.1) is 5.10 Å². The van der Waals surface area contributed by atoms with E-state index >= 15 is 0 Å². The zero-order chi connectivity index (χ0) is 13.9. The average Bonchev–Trinajstić information content (AvgIpc) is 2.79. The van der Waals surface area contributed by atoms with E-state index < -0.39 is 0 Å².